The number of hydrogen-bond donors (Lipinski definition) is 2. The Morgan fingerprint density at radius 3 is 2.69 bits per heavy atom. The summed E-state index contributed by atoms with van der Waals surface area (Å²) >= 11 is 0. The van der Waals surface area contributed by atoms with Crippen molar-refractivity contribution in [1.29, 1.82) is 0 Å². The Kier molecular flexibility index (Phi) is 3.33. The van der Waals surface area contributed by atoms with Gasteiger partial charge in [-0.2, -0.15) is 4.98 Å². The molecule has 0 spiro atoms. The number of hydrogen-bond acceptors (Lipinski definition) is 4. The maximum absolute atomic E-state index is 4.32. The van der Waals surface area contributed by atoms with Crippen LogP contribution in [-0.4, -0.2) is 16.5 Å². The van der Waals surface area contributed by atoms with E-state index in [1.807, 2.05) is 43.3 Å². The Morgan fingerprint density at radius 1 is 1.12 bits per heavy atom. The molecule has 0 aliphatic rings. The van der Waals surface area contributed by atoms with Gasteiger partial charge in [0.15, 0.2) is 0 Å². The SMILES string of the molecule is CCNc1nccc(Nc2ccccc2)n1. The molecule has 16 heavy (non-hydrogen) atoms. The number of benzene rings is 1. The van der Waals surface area contributed by atoms with Crippen molar-refractivity contribution < 1.29 is 0 Å². The maximum Gasteiger partial charge on any atom is 0.224 e. The van der Waals surface area contributed by atoms with Crippen molar-refractivity contribution in [2.75, 3.05) is 17.2 Å². The third kappa shape index (κ3) is 2.70. The van der Waals surface area contributed by atoms with Crippen LogP contribution in [0.5, 0.6) is 0 Å². The summed E-state index contributed by atoms with van der Waals surface area (Å²) < 4.78 is 0. The molecule has 0 amide bonds. The molecule has 2 aromatic rings. The highest BCUT2D eigenvalue weighted by Crippen LogP contribution is 2.13. The van der Waals surface area contributed by atoms with Gasteiger partial charge in [-0.15, -0.1) is 0 Å². The topological polar surface area (TPSA) is 49.8 Å². The highest BCUT2D eigenvalue weighted by molar-refractivity contribution is 5.56. The lowest BCUT2D eigenvalue weighted by Crippen LogP contribution is -2.03. The monoisotopic (exact) mass is 214 g/mol. The van der Waals surface area contributed by atoms with Crippen LogP contribution in [0, 0.1) is 0 Å². The zero-order chi connectivity index (χ0) is 11.2. The molecule has 0 atom stereocenters. The van der Waals surface area contributed by atoms with Crippen LogP contribution in [0.4, 0.5) is 17.5 Å². The van der Waals surface area contributed by atoms with Gasteiger partial charge in [-0.1, -0.05) is 18.2 Å². The van der Waals surface area contributed by atoms with Crippen molar-refractivity contribution in [3.8, 4) is 0 Å². The second-order valence-corrected chi connectivity index (χ2v) is 3.29. The second-order valence-electron chi connectivity index (χ2n) is 3.29. The first-order valence-corrected chi connectivity index (χ1v) is 5.27. The van der Waals surface area contributed by atoms with E-state index >= 15 is 0 Å². The Hall–Kier alpha value is -2.10. The molecule has 0 aliphatic heterocycles. The number of nitrogens with zero attached hydrogens (tertiary/aromatic N) is 2. The summed E-state index contributed by atoms with van der Waals surface area (Å²) in [5.41, 5.74) is 1.02. The fourth-order valence-corrected chi connectivity index (χ4v) is 1.34. The molecular weight excluding hydrogens is 200 g/mol. The van der Waals surface area contributed by atoms with Crippen molar-refractivity contribution in [3.63, 3.8) is 0 Å². The summed E-state index contributed by atoms with van der Waals surface area (Å²) in [5.74, 6) is 1.43. The van der Waals surface area contributed by atoms with E-state index in [0.29, 0.717) is 5.95 Å². The van der Waals surface area contributed by atoms with Crippen LogP contribution in [0.1, 0.15) is 6.92 Å². The quantitative estimate of drug-likeness (QED) is 0.821. The van der Waals surface area contributed by atoms with Gasteiger partial charge >= 0.3 is 0 Å². The van der Waals surface area contributed by atoms with E-state index in [1.54, 1.807) is 6.20 Å². The molecule has 4 heteroatoms. The smallest absolute Gasteiger partial charge is 0.224 e. The summed E-state index contributed by atoms with van der Waals surface area (Å²) in [6, 6.07) is 11.8. The van der Waals surface area contributed by atoms with Crippen LogP contribution in [0.3, 0.4) is 0 Å². The molecule has 0 saturated heterocycles. The molecule has 0 radical (unpaired) electrons. The minimum atomic E-state index is 0.642. The summed E-state index contributed by atoms with van der Waals surface area (Å²) in [4.78, 5) is 8.43. The van der Waals surface area contributed by atoms with Gasteiger partial charge in [0, 0.05) is 18.4 Å². The zero-order valence-corrected chi connectivity index (χ0v) is 9.14. The molecule has 1 aromatic carbocycles. The van der Waals surface area contributed by atoms with Gasteiger partial charge in [0.25, 0.3) is 0 Å². The highest BCUT2D eigenvalue weighted by Gasteiger charge is 1.97. The van der Waals surface area contributed by atoms with Crippen LogP contribution >= 0.6 is 0 Å². The summed E-state index contributed by atoms with van der Waals surface area (Å²) in [6.07, 6.45) is 1.73. The molecule has 1 aromatic heterocycles. The van der Waals surface area contributed by atoms with Crippen LogP contribution in [0.25, 0.3) is 0 Å². The van der Waals surface area contributed by atoms with Crippen molar-refractivity contribution in [2.24, 2.45) is 0 Å². The van der Waals surface area contributed by atoms with E-state index in [1.165, 1.54) is 0 Å². The van der Waals surface area contributed by atoms with Gasteiger partial charge < -0.3 is 10.6 Å². The summed E-state index contributed by atoms with van der Waals surface area (Å²) in [5, 5.41) is 6.28. The van der Waals surface area contributed by atoms with E-state index in [0.717, 1.165) is 18.1 Å². The molecule has 0 saturated carbocycles. The van der Waals surface area contributed by atoms with Crippen LogP contribution in [0.2, 0.25) is 0 Å². The van der Waals surface area contributed by atoms with Crippen LogP contribution in [-0.2, 0) is 0 Å². The van der Waals surface area contributed by atoms with E-state index in [2.05, 4.69) is 20.6 Å². The fourth-order valence-electron chi connectivity index (χ4n) is 1.34. The number of para-hydroxylation sites is 1. The zero-order valence-electron chi connectivity index (χ0n) is 9.14. The van der Waals surface area contributed by atoms with Crippen LogP contribution in [0.15, 0.2) is 42.6 Å². The van der Waals surface area contributed by atoms with Gasteiger partial charge in [0.2, 0.25) is 5.95 Å². The predicted molar refractivity (Wildman–Crippen MR) is 65.9 cm³/mol. The fraction of sp³-hybridized carbons (Fsp3) is 0.167. The molecule has 82 valence electrons. The molecule has 0 unspecified atom stereocenters. The average molecular weight is 214 g/mol. The Balaban J connectivity index is 2.12. The lowest BCUT2D eigenvalue weighted by Gasteiger charge is -2.06. The number of rotatable bonds is 4. The molecule has 2 rings (SSSR count). The van der Waals surface area contributed by atoms with Gasteiger partial charge in [-0.3, -0.25) is 0 Å². The molecule has 1 heterocycles. The van der Waals surface area contributed by atoms with Gasteiger partial charge in [0.1, 0.15) is 5.82 Å². The Morgan fingerprint density at radius 2 is 1.94 bits per heavy atom. The summed E-state index contributed by atoms with van der Waals surface area (Å²) in [7, 11) is 0. The predicted octanol–water partition coefficient (Wildman–Crippen LogP) is 2.65. The average Bonchev–Trinajstić information content (AvgIpc) is 2.31. The highest BCUT2D eigenvalue weighted by atomic mass is 15.1. The second kappa shape index (κ2) is 5.11. The molecular formula is C12H14N4. The van der Waals surface area contributed by atoms with Crippen LogP contribution < -0.4 is 10.6 Å². The third-order valence-electron chi connectivity index (χ3n) is 2.04. The maximum atomic E-state index is 4.32. The van der Waals surface area contributed by atoms with Crippen molar-refractivity contribution in [2.45, 2.75) is 6.92 Å². The van der Waals surface area contributed by atoms with E-state index in [-0.39, 0.29) is 0 Å². The Bertz CT molecular complexity index is 442. The molecule has 0 aliphatic carbocycles. The largest absolute Gasteiger partial charge is 0.354 e. The molecule has 0 bridgehead atoms. The lowest BCUT2D eigenvalue weighted by molar-refractivity contribution is 1.09. The number of aromatic nitrogens is 2. The van der Waals surface area contributed by atoms with E-state index in [4.69, 9.17) is 0 Å². The standard InChI is InChI=1S/C12H14N4/c1-2-13-12-14-9-8-11(16-12)15-10-6-4-3-5-7-10/h3-9H,2H2,1H3,(H2,13,14,15,16). The normalized spacial score (nSPS) is 9.81. The Labute approximate surface area is 94.8 Å². The van der Waals surface area contributed by atoms with Crippen molar-refractivity contribution in [1.82, 2.24) is 9.97 Å². The first kappa shape index (κ1) is 10.4. The molecule has 2 N–H and O–H groups in total. The summed E-state index contributed by atoms with van der Waals surface area (Å²) in [6.45, 7) is 2.83. The minimum Gasteiger partial charge on any atom is -0.354 e. The van der Waals surface area contributed by atoms with Gasteiger partial charge in [-0.05, 0) is 25.1 Å². The lowest BCUT2D eigenvalue weighted by atomic mass is 10.3. The molecule has 0 fully saturated rings. The van der Waals surface area contributed by atoms with E-state index in [9.17, 15) is 0 Å². The van der Waals surface area contributed by atoms with Gasteiger partial charge in [0.05, 0.1) is 0 Å². The number of anilines is 3. The van der Waals surface area contributed by atoms with Crippen molar-refractivity contribution in [3.05, 3.63) is 42.6 Å². The minimum absolute atomic E-state index is 0.642. The van der Waals surface area contributed by atoms with Gasteiger partial charge in [-0.25, -0.2) is 4.98 Å². The molecule has 4 nitrogen and oxygen atoms in total. The first-order valence-electron chi connectivity index (χ1n) is 5.27. The first-order chi connectivity index (χ1) is 7.88. The van der Waals surface area contributed by atoms with Crippen molar-refractivity contribution >= 4 is 17.5 Å². The number of nitrogens with one attached hydrogen (secondary N) is 2. The van der Waals surface area contributed by atoms with E-state index < -0.39 is 0 Å². The third-order valence-corrected chi connectivity index (χ3v) is 2.04.